The van der Waals surface area contributed by atoms with E-state index in [0.717, 1.165) is 10.9 Å². The molecule has 0 saturated carbocycles. The van der Waals surface area contributed by atoms with Crippen LogP contribution in [0.4, 0.5) is 0 Å². The van der Waals surface area contributed by atoms with E-state index in [9.17, 15) is 13.2 Å². The second-order valence-electron chi connectivity index (χ2n) is 4.58. The molecule has 0 saturated heterocycles. The van der Waals surface area contributed by atoms with Gasteiger partial charge in [-0.25, -0.2) is 4.79 Å². The molecule has 114 valence electrons. The molecule has 0 fully saturated rings. The fourth-order valence-electron chi connectivity index (χ4n) is 1.72. The van der Waals surface area contributed by atoms with Crippen molar-refractivity contribution in [2.75, 3.05) is 0 Å². The molecule has 0 unspecified atom stereocenters. The predicted octanol–water partition coefficient (Wildman–Crippen LogP) is 3.03. The van der Waals surface area contributed by atoms with Crippen LogP contribution in [0.5, 0.6) is 0 Å². The summed E-state index contributed by atoms with van der Waals surface area (Å²) in [6, 6.07) is 16.6. The number of rotatable bonds is 1. The number of para-hydroxylation sites is 1. The van der Waals surface area contributed by atoms with Crippen molar-refractivity contribution in [1.82, 2.24) is 0 Å². The van der Waals surface area contributed by atoms with E-state index >= 15 is 0 Å². The summed E-state index contributed by atoms with van der Waals surface area (Å²) in [6.45, 7) is 1.84. The Bertz CT molecular complexity index is 924. The molecule has 1 aromatic heterocycles. The van der Waals surface area contributed by atoms with Crippen LogP contribution in [0.15, 0.2) is 74.8 Å². The topological polar surface area (TPSA) is 84.6 Å². The Morgan fingerprint density at radius 2 is 1.55 bits per heavy atom. The van der Waals surface area contributed by atoms with Gasteiger partial charge >= 0.3 is 5.63 Å². The molecule has 6 heteroatoms. The van der Waals surface area contributed by atoms with Crippen molar-refractivity contribution in [3.8, 4) is 0 Å². The van der Waals surface area contributed by atoms with Crippen LogP contribution >= 0.6 is 0 Å². The average Bonchev–Trinajstić information content (AvgIpc) is 2.47. The van der Waals surface area contributed by atoms with E-state index in [4.69, 9.17) is 8.97 Å². The first kappa shape index (κ1) is 15.9. The van der Waals surface area contributed by atoms with Crippen molar-refractivity contribution in [2.24, 2.45) is 0 Å². The van der Waals surface area contributed by atoms with Gasteiger partial charge in [-0.3, -0.25) is 4.55 Å². The first-order chi connectivity index (χ1) is 10.4. The molecule has 0 aliphatic rings. The van der Waals surface area contributed by atoms with Crippen molar-refractivity contribution in [2.45, 2.75) is 11.8 Å². The summed E-state index contributed by atoms with van der Waals surface area (Å²) in [7, 11) is -4.02. The van der Waals surface area contributed by atoms with Gasteiger partial charge in [0.25, 0.3) is 10.1 Å². The number of benzene rings is 2. The summed E-state index contributed by atoms with van der Waals surface area (Å²) in [5.41, 5.74) is 1.29. The Hall–Kier alpha value is -2.44. The molecule has 1 heterocycles. The van der Waals surface area contributed by atoms with Crippen molar-refractivity contribution in [3.05, 3.63) is 76.6 Å². The van der Waals surface area contributed by atoms with Crippen LogP contribution in [0.2, 0.25) is 0 Å². The molecule has 22 heavy (non-hydrogen) atoms. The maximum atomic E-state index is 10.7. The highest BCUT2D eigenvalue weighted by Gasteiger charge is 2.06. The van der Waals surface area contributed by atoms with E-state index in [2.05, 4.69) is 0 Å². The minimum Gasteiger partial charge on any atom is -0.423 e. The Balaban J connectivity index is 0.000000160. The van der Waals surface area contributed by atoms with Crippen molar-refractivity contribution in [3.63, 3.8) is 0 Å². The Morgan fingerprint density at radius 3 is 2.18 bits per heavy atom. The van der Waals surface area contributed by atoms with Crippen LogP contribution in [0, 0.1) is 6.92 Å². The third-order valence-electron chi connectivity index (χ3n) is 2.85. The van der Waals surface area contributed by atoms with Crippen molar-refractivity contribution >= 4 is 21.1 Å². The molecule has 0 aliphatic heterocycles. The molecule has 0 atom stereocenters. The Labute approximate surface area is 127 Å². The largest absolute Gasteiger partial charge is 0.423 e. The number of fused-ring (bicyclic) bond motifs is 1. The summed E-state index contributed by atoms with van der Waals surface area (Å²) in [5, 5.41) is 0.951. The minimum absolute atomic E-state index is 0.0666. The quantitative estimate of drug-likeness (QED) is 0.550. The highest BCUT2D eigenvalue weighted by atomic mass is 32.2. The zero-order chi connectivity index (χ0) is 16.2. The van der Waals surface area contributed by atoms with Crippen LogP contribution in [-0.4, -0.2) is 13.0 Å². The van der Waals surface area contributed by atoms with Gasteiger partial charge in [-0.15, -0.1) is 0 Å². The first-order valence-corrected chi connectivity index (χ1v) is 7.83. The standard InChI is InChI=1S/C9H6O2.C7H8O3S/c10-9-6-5-7-3-1-2-4-8(7)11-9;1-6-2-4-7(5-3-6)11(8,9)10/h1-6H;2-5H,1H3,(H,8,9,10). The Morgan fingerprint density at radius 1 is 0.909 bits per heavy atom. The van der Waals surface area contributed by atoms with Crippen LogP contribution in [0.25, 0.3) is 11.0 Å². The fourth-order valence-corrected chi connectivity index (χ4v) is 2.20. The average molecular weight is 318 g/mol. The van der Waals surface area contributed by atoms with Gasteiger partial charge in [0, 0.05) is 11.5 Å². The van der Waals surface area contributed by atoms with Gasteiger partial charge in [0.05, 0.1) is 4.90 Å². The van der Waals surface area contributed by atoms with E-state index in [1.807, 2.05) is 25.1 Å². The molecule has 5 nitrogen and oxygen atoms in total. The summed E-state index contributed by atoms with van der Waals surface area (Å²) in [5.74, 6) is 0. The van der Waals surface area contributed by atoms with E-state index in [-0.39, 0.29) is 10.5 Å². The van der Waals surface area contributed by atoms with Gasteiger partial charge in [-0.1, -0.05) is 35.9 Å². The molecular weight excluding hydrogens is 304 g/mol. The summed E-state index contributed by atoms with van der Waals surface area (Å²) >= 11 is 0. The summed E-state index contributed by atoms with van der Waals surface area (Å²) in [4.78, 5) is 10.7. The third-order valence-corrected chi connectivity index (χ3v) is 3.72. The fraction of sp³-hybridized carbons (Fsp3) is 0.0625. The summed E-state index contributed by atoms with van der Waals surface area (Å²) < 4.78 is 34.5. The first-order valence-electron chi connectivity index (χ1n) is 6.39. The molecule has 0 bridgehead atoms. The van der Waals surface area contributed by atoms with Crippen LogP contribution in [0.1, 0.15) is 5.56 Å². The highest BCUT2D eigenvalue weighted by Crippen LogP contribution is 2.09. The number of aryl methyl sites for hydroxylation is 1. The molecule has 1 N–H and O–H groups in total. The SMILES string of the molecule is Cc1ccc(S(=O)(=O)O)cc1.O=c1ccc2ccccc2o1. The lowest BCUT2D eigenvalue weighted by Gasteiger charge is -1.95. The predicted molar refractivity (Wildman–Crippen MR) is 83.5 cm³/mol. The van der Waals surface area contributed by atoms with Gasteiger partial charge in [0.2, 0.25) is 0 Å². The molecule has 3 aromatic rings. The van der Waals surface area contributed by atoms with Gasteiger partial charge < -0.3 is 4.42 Å². The second-order valence-corrected chi connectivity index (χ2v) is 6.00. The second kappa shape index (κ2) is 6.55. The van der Waals surface area contributed by atoms with E-state index in [1.54, 1.807) is 24.3 Å². The molecule has 0 radical (unpaired) electrons. The van der Waals surface area contributed by atoms with E-state index in [1.165, 1.54) is 18.2 Å². The van der Waals surface area contributed by atoms with Gasteiger partial charge in [0.15, 0.2) is 0 Å². The maximum absolute atomic E-state index is 10.7. The summed E-state index contributed by atoms with van der Waals surface area (Å²) in [6.07, 6.45) is 0. The zero-order valence-electron chi connectivity index (χ0n) is 11.8. The van der Waals surface area contributed by atoms with Gasteiger partial charge in [-0.2, -0.15) is 8.42 Å². The monoisotopic (exact) mass is 318 g/mol. The zero-order valence-corrected chi connectivity index (χ0v) is 12.6. The normalized spacial score (nSPS) is 10.8. The molecular formula is C16H14O5S. The molecule has 0 spiro atoms. The lowest BCUT2D eigenvalue weighted by molar-refractivity contribution is 0.483. The Kier molecular flexibility index (Phi) is 4.75. The number of hydrogen-bond donors (Lipinski definition) is 1. The molecule has 0 amide bonds. The van der Waals surface area contributed by atoms with E-state index in [0.29, 0.717) is 5.58 Å². The maximum Gasteiger partial charge on any atom is 0.336 e. The number of hydrogen-bond acceptors (Lipinski definition) is 4. The lowest BCUT2D eigenvalue weighted by Crippen LogP contribution is -1.96. The highest BCUT2D eigenvalue weighted by molar-refractivity contribution is 7.85. The molecule has 0 aliphatic carbocycles. The van der Waals surface area contributed by atoms with Crippen LogP contribution in [0.3, 0.4) is 0 Å². The van der Waals surface area contributed by atoms with Crippen LogP contribution in [-0.2, 0) is 10.1 Å². The van der Waals surface area contributed by atoms with Crippen LogP contribution < -0.4 is 5.63 Å². The van der Waals surface area contributed by atoms with Crippen molar-refractivity contribution < 1.29 is 17.4 Å². The smallest absolute Gasteiger partial charge is 0.336 e. The van der Waals surface area contributed by atoms with E-state index < -0.39 is 10.1 Å². The van der Waals surface area contributed by atoms with Gasteiger partial charge in [-0.05, 0) is 31.2 Å². The minimum atomic E-state index is -4.02. The molecule has 3 rings (SSSR count). The van der Waals surface area contributed by atoms with Gasteiger partial charge in [0.1, 0.15) is 5.58 Å². The lowest BCUT2D eigenvalue weighted by atomic mass is 10.2. The molecule has 2 aromatic carbocycles. The van der Waals surface area contributed by atoms with Crippen molar-refractivity contribution in [1.29, 1.82) is 0 Å². The third kappa shape index (κ3) is 4.28.